The molecule has 1 aliphatic rings. The summed E-state index contributed by atoms with van der Waals surface area (Å²) in [6, 6.07) is 10.8. The van der Waals surface area contributed by atoms with Crippen LogP contribution in [0.3, 0.4) is 0 Å². The number of benzene rings is 1. The van der Waals surface area contributed by atoms with Gasteiger partial charge in [0.15, 0.2) is 5.82 Å². The third-order valence-corrected chi connectivity index (χ3v) is 4.66. The molecule has 0 unspecified atom stereocenters. The average Bonchev–Trinajstić information content (AvgIpc) is 2.68. The fourth-order valence-electron chi connectivity index (χ4n) is 3.42. The van der Waals surface area contributed by atoms with Gasteiger partial charge < -0.3 is 11.1 Å². The number of nitrogens with one attached hydrogen (secondary N) is 1. The average molecular weight is 343 g/mol. The predicted molar refractivity (Wildman–Crippen MR) is 104 cm³/mol. The minimum Gasteiger partial charge on any atom is -0.361 e. The fourth-order valence-corrected chi connectivity index (χ4v) is 3.42. The van der Waals surface area contributed by atoms with Crippen molar-refractivity contribution in [2.24, 2.45) is 5.73 Å². The summed E-state index contributed by atoms with van der Waals surface area (Å²) < 4.78 is 0. The van der Waals surface area contributed by atoms with Gasteiger partial charge in [-0.15, -0.1) is 0 Å². The van der Waals surface area contributed by atoms with E-state index in [2.05, 4.69) is 56.4 Å². The van der Waals surface area contributed by atoms with Gasteiger partial charge in [-0.3, -0.25) is 0 Å². The fraction of sp³-hybridized carbons (Fsp3) is 0.286. The molecule has 1 atom stereocenters. The Morgan fingerprint density at radius 3 is 3.04 bits per heavy atom. The van der Waals surface area contributed by atoms with Crippen molar-refractivity contribution in [3.63, 3.8) is 0 Å². The molecule has 1 aliphatic carbocycles. The highest BCUT2D eigenvalue weighted by molar-refractivity contribution is 5.85. The van der Waals surface area contributed by atoms with Gasteiger partial charge in [0.25, 0.3) is 0 Å². The van der Waals surface area contributed by atoms with Crippen LogP contribution in [0.25, 0.3) is 11.0 Å². The van der Waals surface area contributed by atoms with E-state index in [9.17, 15) is 0 Å². The normalized spacial score (nSPS) is 15.8. The second kappa shape index (κ2) is 7.51. The first kappa shape index (κ1) is 16.5. The van der Waals surface area contributed by atoms with Gasteiger partial charge in [0, 0.05) is 24.7 Å². The summed E-state index contributed by atoms with van der Waals surface area (Å²) in [4.78, 5) is 13.4. The molecule has 5 nitrogen and oxygen atoms in total. The maximum atomic E-state index is 5.48. The summed E-state index contributed by atoms with van der Waals surface area (Å²) >= 11 is 0. The number of aryl methyl sites for hydroxylation is 1. The molecular formula is C21H21N5. The monoisotopic (exact) mass is 343 g/mol. The zero-order valence-corrected chi connectivity index (χ0v) is 14.6. The molecule has 26 heavy (non-hydrogen) atoms. The second-order valence-corrected chi connectivity index (χ2v) is 6.44. The molecule has 0 saturated carbocycles. The van der Waals surface area contributed by atoms with Crippen LogP contribution in [0.4, 0.5) is 5.82 Å². The van der Waals surface area contributed by atoms with Gasteiger partial charge in [-0.1, -0.05) is 36.1 Å². The number of aromatic nitrogens is 3. The Hall–Kier alpha value is -2.97. The lowest BCUT2D eigenvalue weighted by Crippen LogP contribution is -2.18. The molecule has 0 saturated heterocycles. The number of nitrogens with two attached hydrogens (primary N) is 1. The molecule has 130 valence electrons. The van der Waals surface area contributed by atoms with Crippen molar-refractivity contribution in [3.8, 4) is 11.8 Å². The second-order valence-electron chi connectivity index (χ2n) is 6.44. The molecule has 0 bridgehead atoms. The third-order valence-electron chi connectivity index (χ3n) is 4.66. The molecule has 0 radical (unpaired) electrons. The Bertz CT molecular complexity index is 986. The number of anilines is 1. The first-order valence-electron chi connectivity index (χ1n) is 8.99. The number of nitrogens with zero attached hydrogens (tertiary/aromatic N) is 3. The largest absolute Gasteiger partial charge is 0.361 e. The number of fused-ring (bicyclic) bond motifs is 2. The third kappa shape index (κ3) is 3.37. The molecule has 0 amide bonds. The van der Waals surface area contributed by atoms with Gasteiger partial charge in [-0.05, 0) is 36.5 Å². The van der Waals surface area contributed by atoms with Gasteiger partial charge in [0.05, 0.1) is 11.6 Å². The number of pyridine rings is 1. The molecular weight excluding hydrogens is 322 g/mol. The minimum atomic E-state index is 0.254. The maximum Gasteiger partial charge on any atom is 0.156 e. The van der Waals surface area contributed by atoms with Gasteiger partial charge in [-0.2, -0.15) is 0 Å². The van der Waals surface area contributed by atoms with Crippen LogP contribution < -0.4 is 11.1 Å². The van der Waals surface area contributed by atoms with Crippen molar-refractivity contribution in [1.29, 1.82) is 0 Å². The molecule has 3 aromatic rings. The molecule has 2 heterocycles. The summed E-state index contributed by atoms with van der Waals surface area (Å²) in [5.41, 5.74) is 10.7. The van der Waals surface area contributed by atoms with Gasteiger partial charge in [-0.25, -0.2) is 15.0 Å². The van der Waals surface area contributed by atoms with Gasteiger partial charge >= 0.3 is 0 Å². The highest BCUT2D eigenvalue weighted by atomic mass is 15.1. The highest BCUT2D eigenvalue weighted by Gasteiger charge is 2.21. The van der Waals surface area contributed by atoms with Crippen molar-refractivity contribution < 1.29 is 0 Å². The SMILES string of the molecule is NCCC#Cc1cnc2c(N[C@H]3CCCc4ccccc43)ncnc2c1. The van der Waals surface area contributed by atoms with E-state index in [1.165, 1.54) is 17.5 Å². The topological polar surface area (TPSA) is 76.7 Å². The number of hydrogen-bond acceptors (Lipinski definition) is 5. The smallest absolute Gasteiger partial charge is 0.156 e. The van der Waals surface area contributed by atoms with Crippen LogP contribution in [0.2, 0.25) is 0 Å². The summed E-state index contributed by atoms with van der Waals surface area (Å²) in [5.74, 6) is 6.89. The highest BCUT2D eigenvalue weighted by Crippen LogP contribution is 2.33. The molecule has 1 aromatic carbocycles. The molecule has 0 aliphatic heterocycles. The van der Waals surface area contributed by atoms with E-state index in [-0.39, 0.29) is 6.04 Å². The Labute approximate surface area is 153 Å². The van der Waals surface area contributed by atoms with Crippen molar-refractivity contribution >= 4 is 16.9 Å². The van der Waals surface area contributed by atoms with Crippen LogP contribution >= 0.6 is 0 Å². The lowest BCUT2D eigenvalue weighted by molar-refractivity contribution is 0.599. The van der Waals surface area contributed by atoms with Crippen LogP contribution in [0.15, 0.2) is 42.9 Å². The van der Waals surface area contributed by atoms with E-state index < -0.39 is 0 Å². The maximum absolute atomic E-state index is 5.48. The van der Waals surface area contributed by atoms with Crippen LogP contribution in [0, 0.1) is 11.8 Å². The predicted octanol–water partition coefficient (Wildman–Crippen LogP) is 3.21. The van der Waals surface area contributed by atoms with Crippen LogP contribution in [-0.2, 0) is 6.42 Å². The summed E-state index contributed by atoms with van der Waals surface area (Å²) in [6.45, 7) is 0.563. The van der Waals surface area contributed by atoms with Crippen molar-refractivity contribution in [3.05, 3.63) is 59.5 Å². The summed E-state index contributed by atoms with van der Waals surface area (Å²) in [5, 5.41) is 3.59. The van der Waals surface area contributed by atoms with E-state index in [0.717, 1.165) is 35.3 Å². The number of hydrogen-bond donors (Lipinski definition) is 2. The lowest BCUT2D eigenvalue weighted by atomic mass is 9.88. The van der Waals surface area contributed by atoms with Crippen LogP contribution in [0.5, 0.6) is 0 Å². The Kier molecular flexibility index (Phi) is 4.76. The summed E-state index contributed by atoms with van der Waals surface area (Å²) in [7, 11) is 0. The van der Waals surface area contributed by atoms with Crippen molar-refractivity contribution in [2.75, 3.05) is 11.9 Å². The minimum absolute atomic E-state index is 0.254. The molecule has 4 rings (SSSR count). The summed E-state index contributed by atoms with van der Waals surface area (Å²) in [6.07, 6.45) is 7.43. The molecule has 0 fully saturated rings. The van der Waals surface area contributed by atoms with E-state index in [1.807, 2.05) is 6.07 Å². The Morgan fingerprint density at radius 2 is 2.12 bits per heavy atom. The van der Waals surface area contributed by atoms with Crippen molar-refractivity contribution in [1.82, 2.24) is 15.0 Å². The van der Waals surface area contributed by atoms with E-state index in [1.54, 1.807) is 12.5 Å². The first-order chi connectivity index (χ1) is 12.8. The van der Waals surface area contributed by atoms with Crippen LogP contribution in [-0.4, -0.2) is 21.5 Å². The molecule has 5 heteroatoms. The van der Waals surface area contributed by atoms with E-state index >= 15 is 0 Å². The van der Waals surface area contributed by atoms with E-state index in [4.69, 9.17) is 5.73 Å². The zero-order valence-electron chi connectivity index (χ0n) is 14.6. The van der Waals surface area contributed by atoms with Crippen molar-refractivity contribution in [2.45, 2.75) is 31.7 Å². The quantitative estimate of drug-likeness (QED) is 0.714. The van der Waals surface area contributed by atoms with E-state index in [0.29, 0.717) is 13.0 Å². The van der Waals surface area contributed by atoms with Crippen LogP contribution in [0.1, 0.15) is 42.0 Å². The lowest BCUT2D eigenvalue weighted by Gasteiger charge is -2.26. The molecule has 3 N–H and O–H groups in total. The number of rotatable bonds is 3. The Balaban J connectivity index is 1.65. The molecule has 0 spiro atoms. The first-order valence-corrected chi connectivity index (χ1v) is 8.99. The van der Waals surface area contributed by atoms with Gasteiger partial charge in [0.1, 0.15) is 11.8 Å². The Morgan fingerprint density at radius 1 is 1.19 bits per heavy atom. The zero-order chi connectivity index (χ0) is 17.8. The molecule has 2 aromatic heterocycles. The van der Waals surface area contributed by atoms with Gasteiger partial charge in [0.2, 0.25) is 0 Å². The standard InChI is InChI=1S/C21H21N5/c22-11-4-3-6-15-12-19-20(23-13-15)21(25-14-24-19)26-18-10-5-8-16-7-1-2-9-17(16)18/h1-2,7,9,12-14,18H,4-5,8,10-11,22H2,(H,24,25,26)/t18-/m0/s1.